The van der Waals surface area contributed by atoms with Crippen molar-refractivity contribution in [2.45, 2.75) is 38.6 Å². The van der Waals surface area contributed by atoms with E-state index in [1.165, 1.54) is 41.6 Å². The lowest BCUT2D eigenvalue weighted by atomic mass is 9.89. The van der Waals surface area contributed by atoms with E-state index in [1.54, 1.807) is 0 Å². The van der Waals surface area contributed by atoms with E-state index in [1.807, 2.05) is 11.3 Å². The van der Waals surface area contributed by atoms with Gasteiger partial charge in [0.1, 0.15) is 0 Å². The van der Waals surface area contributed by atoms with Crippen LogP contribution in [-0.4, -0.2) is 12.6 Å². The van der Waals surface area contributed by atoms with Crippen LogP contribution in [0.15, 0.2) is 15.9 Å². The molecule has 2 atom stereocenters. The first-order chi connectivity index (χ1) is 7.29. The lowest BCUT2D eigenvalue weighted by molar-refractivity contribution is 0.294. The normalized spacial score (nSPS) is 26.8. The Labute approximate surface area is 104 Å². The Morgan fingerprint density at radius 2 is 2.47 bits per heavy atom. The zero-order valence-corrected chi connectivity index (χ0v) is 11.5. The Balaban J connectivity index is 1.92. The molecule has 3 heteroatoms. The van der Waals surface area contributed by atoms with Crippen molar-refractivity contribution >= 4 is 27.3 Å². The van der Waals surface area contributed by atoms with Gasteiger partial charge in [-0.2, -0.15) is 0 Å². The van der Waals surface area contributed by atoms with E-state index in [9.17, 15) is 0 Å². The molecule has 0 amide bonds. The second-order valence-corrected chi connectivity index (χ2v) is 6.20. The van der Waals surface area contributed by atoms with Crippen LogP contribution >= 0.6 is 27.3 Å². The molecule has 0 aliphatic carbocycles. The summed E-state index contributed by atoms with van der Waals surface area (Å²) in [6.07, 6.45) is 5.23. The Kier molecular flexibility index (Phi) is 4.23. The zero-order chi connectivity index (χ0) is 10.7. The van der Waals surface area contributed by atoms with Gasteiger partial charge in [-0.25, -0.2) is 0 Å². The smallest absolute Gasteiger partial charge is 0.0314 e. The van der Waals surface area contributed by atoms with E-state index in [0.29, 0.717) is 6.04 Å². The minimum atomic E-state index is 0.693. The van der Waals surface area contributed by atoms with Crippen LogP contribution in [0.25, 0.3) is 0 Å². The van der Waals surface area contributed by atoms with Gasteiger partial charge in [0.05, 0.1) is 0 Å². The standard InChI is InChI=1S/C12H18BrNS/c1-2-9-3-5-14-10(7-9)8-12-11(13)4-6-15-12/h4,6,9-10,14H,2-3,5,7-8H2,1H3. The summed E-state index contributed by atoms with van der Waals surface area (Å²) in [6.45, 7) is 3.51. The first-order valence-electron chi connectivity index (χ1n) is 5.74. The molecular formula is C12H18BrNS. The number of hydrogen-bond acceptors (Lipinski definition) is 2. The van der Waals surface area contributed by atoms with E-state index in [4.69, 9.17) is 0 Å². The van der Waals surface area contributed by atoms with Gasteiger partial charge < -0.3 is 5.32 Å². The highest BCUT2D eigenvalue weighted by atomic mass is 79.9. The van der Waals surface area contributed by atoms with Crippen LogP contribution in [0.4, 0.5) is 0 Å². The molecule has 15 heavy (non-hydrogen) atoms. The molecule has 0 spiro atoms. The van der Waals surface area contributed by atoms with Crippen LogP contribution in [-0.2, 0) is 6.42 Å². The third-order valence-corrected chi connectivity index (χ3v) is 5.25. The summed E-state index contributed by atoms with van der Waals surface area (Å²) < 4.78 is 1.29. The average molecular weight is 288 g/mol. The fourth-order valence-corrected chi connectivity index (χ4v) is 3.91. The number of rotatable bonds is 3. The predicted molar refractivity (Wildman–Crippen MR) is 70.5 cm³/mol. The zero-order valence-electron chi connectivity index (χ0n) is 9.13. The summed E-state index contributed by atoms with van der Waals surface area (Å²) in [7, 11) is 0. The number of halogens is 1. The highest BCUT2D eigenvalue weighted by molar-refractivity contribution is 9.10. The summed E-state index contributed by atoms with van der Waals surface area (Å²) in [5, 5.41) is 5.80. The molecular weight excluding hydrogens is 270 g/mol. The summed E-state index contributed by atoms with van der Waals surface area (Å²) in [5.74, 6) is 0.940. The van der Waals surface area contributed by atoms with Crippen LogP contribution < -0.4 is 5.32 Å². The lowest BCUT2D eigenvalue weighted by Gasteiger charge is -2.29. The molecule has 2 unspecified atom stereocenters. The molecule has 1 aliphatic rings. The molecule has 1 nitrogen and oxygen atoms in total. The van der Waals surface area contributed by atoms with Gasteiger partial charge in [-0.1, -0.05) is 13.3 Å². The predicted octanol–water partition coefficient (Wildman–Crippen LogP) is 3.83. The second kappa shape index (κ2) is 5.46. The van der Waals surface area contributed by atoms with Gasteiger partial charge in [-0.3, -0.25) is 0 Å². The summed E-state index contributed by atoms with van der Waals surface area (Å²) in [6, 6.07) is 2.85. The Hall–Kier alpha value is 0.140. The Morgan fingerprint density at radius 1 is 1.60 bits per heavy atom. The van der Waals surface area contributed by atoms with Gasteiger partial charge >= 0.3 is 0 Å². The first kappa shape index (κ1) is 11.6. The van der Waals surface area contributed by atoms with Crippen LogP contribution in [0, 0.1) is 5.92 Å². The van der Waals surface area contributed by atoms with Gasteiger partial charge in [0, 0.05) is 15.4 Å². The molecule has 2 rings (SSSR count). The number of hydrogen-bond donors (Lipinski definition) is 1. The fraction of sp³-hybridized carbons (Fsp3) is 0.667. The summed E-state index contributed by atoms with van der Waals surface area (Å²) in [5.41, 5.74) is 0. The molecule has 0 aromatic carbocycles. The third kappa shape index (κ3) is 3.05. The van der Waals surface area contributed by atoms with Gasteiger partial charge in [0.15, 0.2) is 0 Å². The molecule has 0 bridgehead atoms. The molecule has 1 aromatic heterocycles. The van der Waals surface area contributed by atoms with Crippen LogP contribution in [0.1, 0.15) is 31.1 Å². The van der Waals surface area contributed by atoms with E-state index >= 15 is 0 Å². The number of nitrogens with one attached hydrogen (secondary N) is 1. The summed E-state index contributed by atoms with van der Waals surface area (Å²) >= 11 is 5.47. The van der Waals surface area contributed by atoms with Gasteiger partial charge in [0.25, 0.3) is 0 Å². The van der Waals surface area contributed by atoms with Gasteiger partial charge in [-0.05, 0) is 59.1 Å². The molecule has 2 heterocycles. The van der Waals surface area contributed by atoms with Crippen molar-refractivity contribution in [2.24, 2.45) is 5.92 Å². The van der Waals surface area contributed by atoms with Crippen molar-refractivity contribution in [3.05, 3.63) is 20.8 Å². The molecule has 1 aliphatic heterocycles. The molecule has 0 radical (unpaired) electrons. The van der Waals surface area contributed by atoms with E-state index in [2.05, 4.69) is 39.6 Å². The van der Waals surface area contributed by atoms with E-state index in [-0.39, 0.29) is 0 Å². The molecule has 1 saturated heterocycles. The van der Waals surface area contributed by atoms with Crippen molar-refractivity contribution in [1.82, 2.24) is 5.32 Å². The van der Waals surface area contributed by atoms with Crippen molar-refractivity contribution in [1.29, 1.82) is 0 Å². The minimum Gasteiger partial charge on any atom is -0.314 e. The van der Waals surface area contributed by atoms with Crippen LogP contribution in [0.2, 0.25) is 0 Å². The van der Waals surface area contributed by atoms with Crippen LogP contribution in [0.5, 0.6) is 0 Å². The maximum atomic E-state index is 3.63. The highest BCUT2D eigenvalue weighted by Crippen LogP contribution is 2.27. The van der Waals surface area contributed by atoms with Crippen molar-refractivity contribution in [3.8, 4) is 0 Å². The molecule has 1 aromatic rings. The van der Waals surface area contributed by atoms with Crippen LogP contribution in [0.3, 0.4) is 0 Å². The lowest BCUT2D eigenvalue weighted by Crippen LogP contribution is -2.39. The second-order valence-electron chi connectivity index (χ2n) is 4.35. The largest absolute Gasteiger partial charge is 0.314 e. The Bertz CT molecular complexity index is 310. The number of thiophene rings is 1. The molecule has 84 valence electrons. The number of piperidine rings is 1. The van der Waals surface area contributed by atoms with Crippen molar-refractivity contribution < 1.29 is 0 Å². The first-order valence-corrected chi connectivity index (χ1v) is 7.42. The summed E-state index contributed by atoms with van der Waals surface area (Å²) in [4.78, 5) is 1.49. The maximum Gasteiger partial charge on any atom is 0.0314 e. The van der Waals surface area contributed by atoms with E-state index < -0.39 is 0 Å². The maximum absolute atomic E-state index is 3.63. The molecule has 1 fully saturated rings. The van der Waals surface area contributed by atoms with Crippen molar-refractivity contribution in [3.63, 3.8) is 0 Å². The SMILES string of the molecule is CCC1CCNC(Cc2sccc2Br)C1. The Morgan fingerprint density at radius 3 is 3.13 bits per heavy atom. The quantitative estimate of drug-likeness (QED) is 0.891. The average Bonchev–Trinajstić information content (AvgIpc) is 2.65. The topological polar surface area (TPSA) is 12.0 Å². The van der Waals surface area contributed by atoms with Crippen molar-refractivity contribution in [2.75, 3.05) is 6.54 Å². The van der Waals surface area contributed by atoms with Gasteiger partial charge in [-0.15, -0.1) is 11.3 Å². The third-order valence-electron chi connectivity index (χ3n) is 3.30. The monoisotopic (exact) mass is 287 g/mol. The fourth-order valence-electron chi connectivity index (χ4n) is 2.32. The highest BCUT2D eigenvalue weighted by Gasteiger charge is 2.21. The molecule has 1 N–H and O–H groups in total. The van der Waals surface area contributed by atoms with E-state index in [0.717, 1.165) is 5.92 Å². The van der Waals surface area contributed by atoms with Gasteiger partial charge in [0.2, 0.25) is 0 Å². The molecule has 0 saturated carbocycles. The minimum absolute atomic E-state index is 0.693.